The largest absolute Gasteiger partial charge is 0.356 e. The Morgan fingerprint density at radius 2 is 2.27 bits per heavy atom. The van der Waals surface area contributed by atoms with E-state index in [1.54, 1.807) is 6.20 Å². The van der Waals surface area contributed by atoms with E-state index >= 15 is 0 Å². The van der Waals surface area contributed by atoms with Gasteiger partial charge in [-0.3, -0.25) is 9.69 Å². The first-order chi connectivity index (χ1) is 12.7. The maximum atomic E-state index is 12.5. The molecule has 4 rings (SSSR count). The lowest BCUT2D eigenvalue weighted by atomic mass is 9.90. The summed E-state index contributed by atoms with van der Waals surface area (Å²) in [6.07, 6.45) is 9.96. The van der Waals surface area contributed by atoms with E-state index < -0.39 is 0 Å². The number of aromatic nitrogens is 2. The van der Waals surface area contributed by atoms with Crippen molar-refractivity contribution in [1.82, 2.24) is 19.8 Å². The highest BCUT2D eigenvalue weighted by atomic mass is 32.1. The van der Waals surface area contributed by atoms with Crippen molar-refractivity contribution in [2.75, 3.05) is 19.6 Å². The Kier molecular flexibility index (Phi) is 5.14. The summed E-state index contributed by atoms with van der Waals surface area (Å²) in [6, 6.07) is 2.21. The lowest BCUT2D eigenvalue weighted by Crippen LogP contribution is -2.37. The summed E-state index contributed by atoms with van der Waals surface area (Å²) in [5, 5.41) is 5.33. The van der Waals surface area contributed by atoms with Gasteiger partial charge in [-0.1, -0.05) is 0 Å². The monoisotopic (exact) mass is 372 g/mol. The third-order valence-electron chi connectivity index (χ3n) is 6.14. The Hall–Kier alpha value is -1.66. The molecule has 3 heterocycles. The number of thiophene rings is 1. The van der Waals surface area contributed by atoms with Crippen LogP contribution in [0.1, 0.15) is 36.1 Å². The van der Waals surface area contributed by atoms with Gasteiger partial charge in [0.25, 0.3) is 0 Å². The van der Waals surface area contributed by atoms with Crippen LogP contribution in [0.25, 0.3) is 0 Å². The van der Waals surface area contributed by atoms with Gasteiger partial charge in [0.15, 0.2) is 0 Å². The quantitative estimate of drug-likeness (QED) is 0.760. The number of carbonyl (C=O) groups is 1. The zero-order valence-corrected chi connectivity index (χ0v) is 16.3. The van der Waals surface area contributed by atoms with Gasteiger partial charge in [0.1, 0.15) is 0 Å². The Bertz CT molecular complexity index is 731. The zero-order valence-electron chi connectivity index (χ0n) is 15.5. The van der Waals surface area contributed by atoms with Gasteiger partial charge in [-0.25, -0.2) is 4.98 Å². The minimum absolute atomic E-state index is 0.251. The van der Waals surface area contributed by atoms with Crippen LogP contribution in [0, 0.1) is 18.3 Å². The molecule has 2 aliphatic rings. The minimum atomic E-state index is 0.251. The molecule has 1 amide bonds. The van der Waals surface area contributed by atoms with E-state index in [4.69, 9.17) is 0 Å². The highest BCUT2D eigenvalue weighted by molar-refractivity contribution is 7.10. The average molecular weight is 373 g/mol. The number of aryl methyl sites for hydroxylation is 2. The highest BCUT2D eigenvalue weighted by Gasteiger charge is 2.58. The van der Waals surface area contributed by atoms with Crippen molar-refractivity contribution in [2.45, 2.75) is 45.7 Å². The lowest BCUT2D eigenvalue weighted by Gasteiger charge is -2.32. The summed E-state index contributed by atoms with van der Waals surface area (Å²) in [7, 11) is 0. The second-order valence-electron chi connectivity index (χ2n) is 7.87. The maximum Gasteiger partial charge on any atom is 0.223 e. The van der Waals surface area contributed by atoms with E-state index in [0.717, 1.165) is 45.6 Å². The molecule has 6 heteroatoms. The molecule has 26 heavy (non-hydrogen) atoms. The first-order valence-corrected chi connectivity index (χ1v) is 10.5. The molecule has 1 aliphatic heterocycles. The number of hydrogen-bond acceptors (Lipinski definition) is 4. The van der Waals surface area contributed by atoms with Crippen molar-refractivity contribution < 1.29 is 4.79 Å². The number of rotatable bonds is 7. The van der Waals surface area contributed by atoms with Gasteiger partial charge in [-0.15, -0.1) is 11.3 Å². The van der Waals surface area contributed by atoms with E-state index in [-0.39, 0.29) is 11.8 Å². The van der Waals surface area contributed by atoms with Crippen molar-refractivity contribution in [3.63, 3.8) is 0 Å². The summed E-state index contributed by atoms with van der Waals surface area (Å²) in [4.78, 5) is 20.6. The lowest BCUT2D eigenvalue weighted by molar-refractivity contribution is -0.123. The molecule has 2 aromatic heterocycles. The molecule has 1 unspecified atom stereocenters. The molecule has 1 spiro atoms. The van der Waals surface area contributed by atoms with E-state index in [1.165, 1.54) is 23.3 Å². The zero-order chi connectivity index (χ0) is 18.0. The molecule has 1 saturated carbocycles. The molecule has 0 radical (unpaired) electrons. The van der Waals surface area contributed by atoms with Crippen molar-refractivity contribution in [1.29, 1.82) is 0 Å². The fraction of sp³-hybridized carbons (Fsp3) is 0.600. The van der Waals surface area contributed by atoms with Gasteiger partial charge in [0, 0.05) is 42.8 Å². The van der Waals surface area contributed by atoms with Crippen LogP contribution in [0.5, 0.6) is 0 Å². The number of hydrogen-bond donors (Lipinski definition) is 1. The number of imidazole rings is 1. The van der Waals surface area contributed by atoms with Gasteiger partial charge in [-0.05, 0) is 68.1 Å². The smallest absolute Gasteiger partial charge is 0.223 e. The van der Waals surface area contributed by atoms with E-state index in [1.807, 2.05) is 23.9 Å². The van der Waals surface area contributed by atoms with Crippen LogP contribution in [0.2, 0.25) is 0 Å². The minimum Gasteiger partial charge on any atom is -0.356 e. The van der Waals surface area contributed by atoms with Crippen LogP contribution in [0.3, 0.4) is 0 Å². The SMILES string of the molecule is Cc1ccsc1CN1CCC2(CC1)CC2C(=O)NCCCn1ccnc1. The normalized spacial score (nSPS) is 21.8. The molecular formula is C20H28N4OS. The Labute approximate surface area is 159 Å². The van der Waals surface area contributed by atoms with Gasteiger partial charge in [-0.2, -0.15) is 0 Å². The number of carbonyl (C=O) groups excluding carboxylic acids is 1. The number of piperidine rings is 1. The Morgan fingerprint density at radius 1 is 1.42 bits per heavy atom. The second kappa shape index (κ2) is 7.53. The Morgan fingerprint density at radius 3 is 2.96 bits per heavy atom. The van der Waals surface area contributed by atoms with Gasteiger partial charge >= 0.3 is 0 Å². The Balaban J connectivity index is 1.17. The highest BCUT2D eigenvalue weighted by Crippen LogP contribution is 2.59. The van der Waals surface area contributed by atoms with Crippen LogP contribution >= 0.6 is 11.3 Å². The van der Waals surface area contributed by atoms with Crippen molar-refractivity contribution in [3.05, 3.63) is 40.6 Å². The van der Waals surface area contributed by atoms with Crippen molar-refractivity contribution in [3.8, 4) is 0 Å². The summed E-state index contributed by atoms with van der Waals surface area (Å²) >= 11 is 1.86. The molecule has 1 aliphatic carbocycles. The topological polar surface area (TPSA) is 50.2 Å². The third kappa shape index (κ3) is 3.86. The first kappa shape index (κ1) is 17.7. The van der Waals surface area contributed by atoms with E-state index in [9.17, 15) is 4.79 Å². The molecule has 140 valence electrons. The number of likely N-dealkylation sites (tertiary alicyclic amines) is 1. The summed E-state index contributed by atoms with van der Waals surface area (Å²) in [5.74, 6) is 0.527. The van der Waals surface area contributed by atoms with Crippen LogP contribution in [-0.4, -0.2) is 40.0 Å². The van der Waals surface area contributed by atoms with Crippen molar-refractivity contribution in [2.24, 2.45) is 11.3 Å². The molecule has 5 nitrogen and oxygen atoms in total. The molecule has 1 N–H and O–H groups in total. The third-order valence-corrected chi connectivity index (χ3v) is 7.15. The predicted molar refractivity (Wildman–Crippen MR) is 104 cm³/mol. The number of nitrogens with one attached hydrogen (secondary N) is 1. The van der Waals surface area contributed by atoms with E-state index in [0.29, 0.717) is 5.41 Å². The second-order valence-corrected chi connectivity index (χ2v) is 8.87. The van der Waals surface area contributed by atoms with Gasteiger partial charge < -0.3 is 9.88 Å². The first-order valence-electron chi connectivity index (χ1n) is 9.65. The molecule has 1 saturated heterocycles. The van der Waals surface area contributed by atoms with Gasteiger partial charge in [0.05, 0.1) is 6.33 Å². The maximum absolute atomic E-state index is 12.5. The molecule has 0 bridgehead atoms. The van der Waals surface area contributed by atoms with Crippen molar-refractivity contribution >= 4 is 17.2 Å². The van der Waals surface area contributed by atoms with Crippen LogP contribution in [-0.2, 0) is 17.9 Å². The number of amides is 1. The molecule has 2 fully saturated rings. The fourth-order valence-corrected chi connectivity index (χ4v) is 5.16. The molecular weight excluding hydrogens is 344 g/mol. The predicted octanol–water partition coefficient (Wildman–Crippen LogP) is 3.06. The standard InChI is InChI=1S/C20H28N4OS/c1-16-3-12-26-18(16)14-23-9-4-20(5-10-23)13-17(20)19(25)22-6-2-8-24-11-7-21-15-24/h3,7,11-12,15,17H,2,4-6,8-10,13-14H2,1H3,(H,22,25). The summed E-state index contributed by atoms with van der Waals surface area (Å²) in [6.45, 7) is 7.19. The van der Waals surface area contributed by atoms with Crippen LogP contribution in [0.15, 0.2) is 30.2 Å². The molecule has 2 aromatic rings. The fourth-order valence-electron chi connectivity index (χ4n) is 4.21. The summed E-state index contributed by atoms with van der Waals surface area (Å²) in [5.41, 5.74) is 1.71. The summed E-state index contributed by atoms with van der Waals surface area (Å²) < 4.78 is 2.05. The molecule has 1 atom stereocenters. The van der Waals surface area contributed by atoms with Gasteiger partial charge in [0.2, 0.25) is 5.91 Å². The van der Waals surface area contributed by atoms with Crippen LogP contribution < -0.4 is 5.32 Å². The van der Waals surface area contributed by atoms with E-state index in [2.05, 4.69) is 38.1 Å². The average Bonchev–Trinajstić information content (AvgIpc) is 2.98. The number of nitrogens with zero attached hydrogens (tertiary/aromatic N) is 3. The van der Waals surface area contributed by atoms with Crippen LogP contribution in [0.4, 0.5) is 0 Å². The molecule has 0 aromatic carbocycles.